The van der Waals surface area contributed by atoms with E-state index in [0.29, 0.717) is 18.2 Å². The Hall–Kier alpha value is -2.84. The van der Waals surface area contributed by atoms with Crippen LogP contribution in [-0.4, -0.2) is 75.6 Å². The molecule has 13 heteroatoms. The van der Waals surface area contributed by atoms with E-state index in [9.17, 15) is 13.2 Å². The maximum atomic E-state index is 12.3. The lowest BCUT2D eigenvalue weighted by atomic mass is 10.2. The number of fused-ring (bicyclic) bond motifs is 1. The van der Waals surface area contributed by atoms with Crippen molar-refractivity contribution in [3.05, 3.63) is 36.5 Å². The summed E-state index contributed by atoms with van der Waals surface area (Å²) in [5.74, 6) is 1.05. The maximum Gasteiger partial charge on any atom is 0.415 e. The van der Waals surface area contributed by atoms with Crippen molar-refractivity contribution in [1.82, 2.24) is 9.97 Å². The molecule has 0 N–H and O–H groups in total. The summed E-state index contributed by atoms with van der Waals surface area (Å²) in [5, 5.41) is 0.767. The van der Waals surface area contributed by atoms with Crippen molar-refractivity contribution in [2.45, 2.75) is 58.0 Å². The lowest BCUT2D eigenvalue weighted by Gasteiger charge is -2.27. The number of thiazole rings is 1. The predicted octanol–water partition coefficient (Wildman–Crippen LogP) is 5.00. The van der Waals surface area contributed by atoms with E-state index in [1.165, 1.54) is 16.2 Å². The topological polar surface area (TPSA) is 126 Å². The summed E-state index contributed by atoms with van der Waals surface area (Å²) in [4.78, 5) is 22.8. The third kappa shape index (κ3) is 8.83. The average molecular weight is 594 g/mol. The van der Waals surface area contributed by atoms with Gasteiger partial charge < -0.3 is 18.9 Å². The van der Waals surface area contributed by atoms with Crippen LogP contribution in [-0.2, 0) is 28.5 Å². The lowest BCUT2D eigenvalue weighted by molar-refractivity contribution is -0.198. The van der Waals surface area contributed by atoms with Crippen LogP contribution in [0.5, 0.6) is 5.75 Å². The van der Waals surface area contributed by atoms with E-state index in [2.05, 4.69) is 4.98 Å². The van der Waals surface area contributed by atoms with Gasteiger partial charge in [-0.25, -0.2) is 14.8 Å². The van der Waals surface area contributed by atoms with Gasteiger partial charge in [-0.05, 0) is 70.4 Å². The van der Waals surface area contributed by atoms with Crippen LogP contribution in [0.25, 0.3) is 20.8 Å². The zero-order valence-electron chi connectivity index (χ0n) is 23.3. The Morgan fingerprint density at radius 1 is 1.20 bits per heavy atom. The number of anilines is 1. The number of ether oxygens (including phenoxy) is 4. The van der Waals surface area contributed by atoms with Crippen molar-refractivity contribution in [2.75, 3.05) is 38.0 Å². The molecule has 1 unspecified atom stereocenters. The van der Waals surface area contributed by atoms with Crippen LogP contribution in [0.1, 0.15) is 40.0 Å². The van der Waals surface area contributed by atoms with Crippen molar-refractivity contribution < 1.29 is 36.3 Å². The van der Waals surface area contributed by atoms with Crippen molar-refractivity contribution >= 4 is 43.6 Å². The Morgan fingerprint density at radius 3 is 2.65 bits per heavy atom. The maximum absolute atomic E-state index is 12.3. The number of aromatic nitrogens is 2. The van der Waals surface area contributed by atoms with Crippen LogP contribution in [0.2, 0.25) is 0 Å². The molecule has 1 fully saturated rings. The molecule has 0 spiro atoms. The first kappa shape index (κ1) is 30.1. The summed E-state index contributed by atoms with van der Waals surface area (Å²) in [6, 6.07) is 9.13. The van der Waals surface area contributed by atoms with E-state index in [0.717, 1.165) is 46.3 Å². The van der Waals surface area contributed by atoms with Gasteiger partial charge in [-0.3, -0.25) is 9.08 Å². The molecule has 4 rings (SSSR count). The smallest absolute Gasteiger partial charge is 0.415 e. The molecule has 1 aliphatic heterocycles. The molecule has 0 bridgehead atoms. The summed E-state index contributed by atoms with van der Waals surface area (Å²) in [6.45, 7) is 5.95. The number of carbonyl (C=O) groups excluding carboxylic acids is 1. The number of hydrogen-bond donors (Lipinski definition) is 0. The van der Waals surface area contributed by atoms with Crippen LogP contribution in [0, 0.1) is 0 Å². The molecule has 0 radical (unpaired) electrons. The quantitative estimate of drug-likeness (QED) is 0.297. The molecule has 0 saturated carbocycles. The van der Waals surface area contributed by atoms with E-state index in [-0.39, 0.29) is 13.2 Å². The van der Waals surface area contributed by atoms with Crippen LogP contribution in [0.15, 0.2) is 36.5 Å². The second kappa shape index (κ2) is 12.8. The molecular weight excluding hydrogens is 558 g/mol. The largest absolute Gasteiger partial charge is 0.491 e. The standard InChI is InChI=1S/C27H35N3O8S2/c1-27(2,3)38-26(31)30(4)23-12-9-18(15-28-23)25-29-21-11-10-19(14-22(21)39-25)35-16-20(17-36-40(5,32)33)37-24-8-6-7-13-34-24/h9-12,14-15,20,24H,6-8,13,16-17H2,1-5H3/t20?,24-/m0/s1. The number of hydrogen-bond acceptors (Lipinski definition) is 11. The number of nitrogens with zero attached hydrogens (tertiary/aromatic N) is 3. The molecule has 0 aliphatic carbocycles. The van der Waals surface area contributed by atoms with Crippen LogP contribution in [0.4, 0.5) is 10.6 Å². The molecule has 3 heterocycles. The highest BCUT2D eigenvalue weighted by Crippen LogP contribution is 2.33. The summed E-state index contributed by atoms with van der Waals surface area (Å²) in [5.41, 5.74) is 1.01. The first-order valence-corrected chi connectivity index (χ1v) is 15.6. The molecule has 1 aliphatic rings. The number of carbonyl (C=O) groups is 1. The molecule has 2 aromatic heterocycles. The van der Waals surface area contributed by atoms with Crippen LogP contribution in [0.3, 0.4) is 0 Å². The number of benzene rings is 1. The van der Waals surface area contributed by atoms with Gasteiger partial charge in [0.1, 0.15) is 34.9 Å². The normalized spacial score (nSPS) is 17.0. The minimum atomic E-state index is -3.63. The highest BCUT2D eigenvalue weighted by molar-refractivity contribution is 7.85. The highest BCUT2D eigenvalue weighted by atomic mass is 32.2. The zero-order valence-corrected chi connectivity index (χ0v) is 24.9. The minimum Gasteiger partial charge on any atom is -0.491 e. The molecular formula is C27H35N3O8S2. The number of pyridine rings is 1. The monoisotopic (exact) mass is 593 g/mol. The van der Waals surface area contributed by atoms with Gasteiger partial charge in [0, 0.05) is 25.4 Å². The lowest BCUT2D eigenvalue weighted by Crippen LogP contribution is -2.35. The van der Waals surface area contributed by atoms with Crippen LogP contribution < -0.4 is 9.64 Å². The van der Waals surface area contributed by atoms with Gasteiger partial charge in [0.05, 0.1) is 23.1 Å². The summed E-state index contributed by atoms with van der Waals surface area (Å²) in [6.07, 6.45) is 3.83. The third-order valence-electron chi connectivity index (χ3n) is 5.75. The van der Waals surface area contributed by atoms with E-state index in [4.69, 9.17) is 28.1 Å². The van der Waals surface area contributed by atoms with Crippen molar-refractivity contribution in [1.29, 1.82) is 0 Å². The molecule has 3 aromatic rings. The minimum absolute atomic E-state index is 0.0864. The number of rotatable bonds is 10. The molecule has 218 valence electrons. The summed E-state index contributed by atoms with van der Waals surface area (Å²) < 4.78 is 51.8. The Bertz CT molecular complexity index is 1400. The average Bonchev–Trinajstić information content (AvgIpc) is 3.32. The molecule has 11 nitrogen and oxygen atoms in total. The third-order valence-corrected chi connectivity index (χ3v) is 7.38. The second-order valence-corrected chi connectivity index (χ2v) is 13.1. The fourth-order valence-electron chi connectivity index (χ4n) is 3.80. The van der Waals surface area contributed by atoms with E-state index < -0.39 is 34.2 Å². The van der Waals surface area contributed by atoms with Gasteiger partial charge in [0.15, 0.2) is 6.29 Å². The van der Waals surface area contributed by atoms with E-state index in [1.807, 2.05) is 39.0 Å². The van der Waals surface area contributed by atoms with Gasteiger partial charge in [-0.15, -0.1) is 11.3 Å². The second-order valence-electron chi connectivity index (χ2n) is 10.4. The van der Waals surface area contributed by atoms with Gasteiger partial charge in [-0.2, -0.15) is 8.42 Å². The molecule has 1 aromatic carbocycles. The van der Waals surface area contributed by atoms with Gasteiger partial charge >= 0.3 is 6.09 Å². The molecule has 2 atom stereocenters. The van der Waals surface area contributed by atoms with Crippen molar-refractivity contribution in [2.24, 2.45) is 0 Å². The fourth-order valence-corrected chi connectivity index (χ4v) is 5.18. The molecule has 1 amide bonds. The SMILES string of the molecule is CN(C(=O)OC(C)(C)C)c1ccc(-c2nc3ccc(OCC(COS(C)(=O)=O)O[C@H]4CCCCO4)cc3s2)cn1. The van der Waals surface area contributed by atoms with Crippen molar-refractivity contribution in [3.63, 3.8) is 0 Å². The first-order valence-electron chi connectivity index (χ1n) is 12.9. The zero-order chi connectivity index (χ0) is 28.9. The Labute approximate surface area is 238 Å². The summed E-state index contributed by atoms with van der Waals surface area (Å²) >= 11 is 1.48. The van der Waals surface area contributed by atoms with Crippen LogP contribution >= 0.6 is 11.3 Å². The van der Waals surface area contributed by atoms with Gasteiger partial charge in [0.25, 0.3) is 10.1 Å². The fraction of sp³-hybridized carbons (Fsp3) is 0.519. The first-order chi connectivity index (χ1) is 18.9. The van der Waals surface area contributed by atoms with E-state index >= 15 is 0 Å². The predicted molar refractivity (Wildman–Crippen MR) is 152 cm³/mol. The Balaban J connectivity index is 1.42. The highest BCUT2D eigenvalue weighted by Gasteiger charge is 2.23. The summed E-state index contributed by atoms with van der Waals surface area (Å²) in [7, 11) is -2.02. The molecule has 1 saturated heterocycles. The Morgan fingerprint density at radius 2 is 2.00 bits per heavy atom. The molecule has 40 heavy (non-hydrogen) atoms. The van der Waals surface area contributed by atoms with E-state index in [1.54, 1.807) is 25.4 Å². The Kier molecular flexibility index (Phi) is 9.62. The van der Waals surface area contributed by atoms with Gasteiger partial charge in [0.2, 0.25) is 0 Å². The number of amides is 1. The van der Waals surface area contributed by atoms with Gasteiger partial charge in [-0.1, -0.05) is 0 Å². The van der Waals surface area contributed by atoms with Crippen molar-refractivity contribution in [3.8, 4) is 16.3 Å².